The van der Waals surface area contributed by atoms with E-state index >= 15 is 0 Å². The van der Waals surface area contributed by atoms with Crippen LogP contribution >= 0.6 is 0 Å². The molecule has 1 fully saturated rings. The van der Waals surface area contributed by atoms with Crippen LogP contribution in [-0.4, -0.2) is 40.3 Å². The summed E-state index contributed by atoms with van der Waals surface area (Å²) in [7, 11) is 0. The van der Waals surface area contributed by atoms with Crippen LogP contribution in [0.15, 0.2) is 18.2 Å². The molecule has 2 atom stereocenters. The monoisotopic (exact) mass is 365 g/mol. The Morgan fingerprint density at radius 2 is 2.00 bits per heavy atom. The van der Waals surface area contributed by atoms with Gasteiger partial charge in [-0.25, -0.2) is 9.59 Å². The molecule has 0 spiro atoms. The molecule has 8 nitrogen and oxygen atoms in total. The molecule has 0 heterocycles. The zero-order chi connectivity index (χ0) is 19.5. The summed E-state index contributed by atoms with van der Waals surface area (Å²) in [6, 6.07) is 3.79. The van der Waals surface area contributed by atoms with Gasteiger partial charge in [-0.1, -0.05) is 0 Å². The Morgan fingerprint density at radius 3 is 2.58 bits per heavy atom. The topological polar surface area (TPSA) is 116 Å². The first-order valence-corrected chi connectivity index (χ1v) is 8.42. The van der Waals surface area contributed by atoms with Crippen molar-refractivity contribution in [1.29, 1.82) is 0 Å². The summed E-state index contributed by atoms with van der Waals surface area (Å²) in [5, 5.41) is 20.3. The number of rotatable bonds is 6. The van der Waals surface area contributed by atoms with E-state index in [1.54, 1.807) is 20.8 Å². The molecule has 0 aromatic heterocycles. The number of aromatic carboxylic acids is 1. The first-order valence-electron chi connectivity index (χ1n) is 8.42. The Kier molecular flexibility index (Phi) is 5.97. The first-order chi connectivity index (χ1) is 12.1. The van der Waals surface area contributed by atoms with Crippen molar-refractivity contribution in [2.24, 2.45) is 0 Å². The summed E-state index contributed by atoms with van der Waals surface area (Å²) in [6.07, 6.45) is 1.58. The maximum Gasteiger partial charge on any atom is 0.335 e. The molecule has 0 amide bonds. The molecule has 1 aromatic carbocycles. The summed E-state index contributed by atoms with van der Waals surface area (Å²) < 4.78 is 10.8. The fourth-order valence-electron chi connectivity index (χ4n) is 3.13. The van der Waals surface area contributed by atoms with Crippen LogP contribution in [-0.2, 0) is 14.3 Å². The van der Waals surface area contributed by atoms with Crippen molar-refractivity contribution >= 4 is 17.6 Å². The van der Waals surface area contributed by atoms with Crippen molar-refractivity contribution in [1.82, 2.24) is 0 Å². The van der Waals surface area contributed by atoms with Gasteiger partial charge in [-0.2, -0.15) is 0 Å². The smallest absolute Gasteiger partial charge is 0.335 e. The maximum absolute atomic E-state index is 11.7. The quantitative estimate of drug-likeness (QED) is 0.467. The molecule has 2 unspecified atom stereocenters. The van der Waals surface area contributed by atoms with Crippen LogP contribution in [0, 0.1) is 10.1 Å². The number of benzene rings is 1. The average molecular weight is 365 g/mol. The number of hydrogen-bond acceptors (Lipinski definition) is 6. The first kappa shape index (κ1) is 19.8. The predicted octanol–water partition coefficient (Wildman–Crippen LogP) is 3.29. The van der Waals surface area contributed by atoms with Crippen LogP contribution in [0.3, 0.4) is 0 Å². The lowest BCUT2D eigenvalue weighted by molar-refractivity contribution is -0.384. The number of carboxylic acid groups (broad SMARTS) is 1. The van der Waals surface area contributed by atoms with Crippen molar-refractivity contribution in [2.75, 3.05) is 6.61 Å². The molecule has 1 saturated carbocycles. The number of carbonyl (C=O) groups is 2. The lowest BCUT2D eigenvalue weighted by atomic mass is 9.92. The van der Waals surface area contributed by atoms with E-state index in [-0.39, 0.29) is 29.9 Å². The van der Waals surface area contributed by atoms with Crippen LogP contribution < -0.4 is 0 Å². The summed E-state index contributed by atoms with van der Waals surface area (Å²) >= 11 is 0. The molecule has 1 aliphatic carbocycles. The van der Waals surface area contributed by atoms with Crippen molar-refractivity contribution in [3.63, 3.8) is 0 Å². The van der Waals surface area contributed by atoms with E-state index in [0.717, 1.165) is 0 Å². The van der Waals surface area contributed by atoms with Gasteiger partial charge in [-0.15, -0.1) is 0 Å². The molecule has 1 aromatic rings. The lowest BCUT2D eigenvalue weighted by Gasteiger charge is -2.20. The zero-order valence-corrected chi connectivity index (χ0v) is 15.1. The highest BCUT2D eigenvalue weighted by Gasteiger charge is 2.31. The van der Waals surface area contributed by atoms with Crippen LogP contribution in [0.1, 0.15) is 61.9 Å². The standard InChI is InChI=1S/C18H23NO7/c1-18(2,3)26-16(20)10-25-13-6-4-11(8-13)15-9-12(19(23)24)5-7-14(15)17(21)22/h5,7,9,11,13H,4,6,8,10H2,1-3H3,(H,21,22). The maximum atomic E-state index is 11.7. The van der Waals surface area contributed by atoms with Gasteiger partial charge in [0.2, 0.25) is 0 Å². The van der Waals surface area contributed by atoms with E-state index in [9.17, 15) is 24.8 Å². The normalized spacial score (nSPS) is 20.0. The minimum atomic E-state index is -1.12. The minimum Gasteiger partial charge on any atom is -0.478 e. The van der Waals surface area contributed by atoms with Gasteiger partial charge in [0, 0.05) is 12.1 Å². The third kappa shape index (κ3) is 5.26. The second-order valence-electron chi connectivity index (χ2n) is 7.36. The Morgan fingerprint density at radius 1 is 1.31 bits per heavy atom. The Labute approximate surface area is 151 Å². The number of nitro benzene ring substituents is 1. The highest BCUT2D eigenvalue weighted by Crippen LogP contribution is 2.38. The fraction of sp³-hybridized carbons (Fsp3) is 0.556. The fourth-order valence-corrected chi connectivity index (χ4v) is 3.13. The van der Waals surface area contributed by atoms with Crippen LogP contribution in [0.4, 0.5) is 5.69 Å². The molecule has 26 heavy (non-hydrogen) atoms. The molecule has 142 valence electrons. The predicted molar refractivity (Wildman–Crippen MR) is 92.2 cm³/mol. The Bertz CT molecular complexity index is 708. The van der Waals surface area contributed by atoms with Gasteiger partial charge in [-0.3, -0.25) is 10.1 Å². The van der Waals surface area contributed by atoms with Crippen molar-refractivity contribution in [3.05, 3.63) is 39.4 Å². The van der Waals surface area contributed by atoms with E-state index in [1.165, 1.54) is 18.2 Å². The molecule has 0 saturated heterocycles. The van der Waals surface area contributed by atoms with Gasteiger partial charge in [0.1, 0.15) is 12.2 Å². The zero-order valence-electron chi connectivity index (χ0n) is 15.1. The Balaban J connectivity index is 2.04. The largest absolute Gasteiger partial charge is 0.478 e. The van der Waals surface area contributed by atoms with Crippen LogP contribution in [0.5, 0.6) is 0 Å². The summed E-state index contributed by atoms with van der Waals surface area (Å²) in [4.78, 5) is 33.6. The van der Waals surface area contributed by atoms with Crippen LogP contribution in [0.2, 0.25) is 0 Å². The van der Waals surface area contributed by atoms with Gasteiger partial charge in [-0.05, 0) is 57.6 Å². The third-order valence-corrected chi connectivity index (χ3v) is 4.16. The van der Waals surface area contributed by atoms with Gasteiger partial charge in [0.25, 0.3) is 5.69 Å². The van der Waals surface area contributed by atoms with Gasteiger partial charge in [0.05, 0.1) is 16.6 Å². The number of non-ortho nitro benzene ring substituents is 1. The second-order valence-corrected chi connectivity index (χ2v) is 7.36. The highest BCUT2D eigenvalue weighted by molar-refractivity contribution is 5.90. The number of esters is 1. The molecular formula is C18H23NO7. The van der Waals surface area contributed by atoms with E-state index in [2.05, 4.69) is 0 Å². The van der Waals surface area contributed by atoms with E-state index in [0.29, 0.717) is 24.8 Å². The molecule has 2 rings (SSSR count). The van der Waals surface area contributed by atoms with Gasteiger partial charge in [0.15, 0.2) is 0 Å². The van der Waals surface area contributed by atoms with Gasteiger partial charge < -0.3 is 14.6 Å². The number of nitrogens with zero attached hydrogens (tertiary/aromatic N) is 1. The Hall–Kier alpha value is -2.48. The van der Waals surface area contributed by atoms with E-state index < -0.39 is 22.5 Å². The van der Waals surface area contributed by atoms with Gasteiger partial charge >= 0.3 is 11.9 Å². The third-order valence-electron chi connectivity index (χ3n) is 4.16. The number of hydrogen-bond donors (Lipinski definition) is 1. The van der Waals surface area contributed by atoms with Crippen molar-refractivity contribution < 1.29 is 29.1 Å². The number of carbonyl (C=O) groups excluding carboxylic acids is 1. The molecular weight excluding hydrogens is 342 g/mol. The van der Waals surface area contributed by atoms with E-state index in [1.807, 2.05) is 0 Å². The van der Waals surface area contributed by atoms with E-state index in [4.69, 9.17) is 9.47 Å². The van der Waals surface area contributed by atoms with Crippen molar-refractivity contribution in [2.45, 2.75) is 57.7 Å². The van der Waals surface area contributed by atoms with Crippen LogP contribution in [0.25, 0.3) is 0 Å². The summed E-state index contributed by atoms with van der Waals surface area (Å²) in [5.41, 5.74) is -0.218. The molecule has 0 aliphatic heterocycles. The summed E-state index contributed by atoms with van der Waals surface area (Å²) in [6.45, 7) is 5.14. The molecule has 0 radical (unpaired) electrons. The highest BCUT2D eigenvalue weighted by atomic mass is 16.6. The molecule has 1 aliphatic rings. The molecule has 0 bridgehead atoms. The molecule has 8 heteroatoms. The minimum absolute atomic E-state index is 0.0633. The average Bonchev–Trinajstić information content (AvgIpc) is 2.99. The number of carboxylic acids is 1. The number of nitro groups is 1. The molecule has 1 N–H and O–H groups in total. The van der Waals surface area contributed by atoms with Crippen molar-refractivity contribution in [3.8, 4) is 0 Å². The SMILES string of the molecule is CC(C)(C)OC(=O)COC1CCC(c2cc([N+](=O)[O-])ccc2C(=O)O)C1. The number of ether oxygens (including phenoxy) is 2. The lowest BCUT2D eigenvalue weighted by Crippen LogP contribution is -2.27. The second kappa shape index (κ2) is 7.82. The summed E-state index contributed by atoms with van der Waals surface area (Å²) in [5.74, 6) is -1.74.